The number of aromatic nitrogens is 1. The highest BCUT2D eigenvalue weighted by atomic mass is 79.9. The van der Waals surface area contributed by atoms with Crippen molar-refractivity contribution in [3.8, 4) is 6.07 Å². The predicted octanol–water partition coefficient (Wildman–Crippen LogP) is 2.33. The van der Waals surface area contributed by atoms with Crippen LogP contribution in [-0.4, -0.2) is 18.6 Å². The van der Waals surface area contributed by atoms with E-state index in [0.29, 0.717) is 17.4 Å². The van der Waals surface area contributed by atoms with E-state index >= 15 is 0 Å². The summed E-state index contributed by atoms with van der Waals surface area (Å²) in [5.74, 6) is -0.122. The summed E-state index contributed by atoms with van der Waals surface area (Å²) in [7, 11) is 1.71. The van der Waals surface area contributed by atoms with E-state index in [1.807, 2.05) is 6.07 Å². The molecule has 0 aliphatic carbocycles. The molecule has 0 radical (unpaired) electrons. The summed E-state index contributed by atoms with van der Waals surface area (Å²) >= 11 is 3.12. The van der Waals surface area contributed by atoms with Crippen molar-refractivity contribution in [2.24, 2.45) is 0 Å². The smallest absolute Gasteiger partial charge is 0.166 e. The first kappa shape index (κ1) is 10.9. The Bertz CT molecular complexity index is 362. The van der Waals surface area contributed by atoms with Crippen LogP contribution in [0.4, 0.5) is 10.2 Å². The van der Waals surface area contributed by atoms with Gasteiger partial charge in [0, 0.05) is 24.3 Å². The van der Waals surface area contributed by atoms with E-state index in [0.717, 1.165) is 0 Å². The fourth-order valence-electron chi connectivity index (χ4n) is 1.01. The molecule has 74 valence electrons. The summed E-state index contributed by atoms with van der Waals surface area (Å²) in [5, 5.41) is 8.38. The fourth-order valence-corrected chi connectivity index (χ4v) is 1.32. The molecule has 1 aromatic rings. The van der Waals surface area contributed by atoms with Gasteiger partial charge in [-0.05, 0) is 22.0 Å². The number of halogens is 2. The van der Waals surface area contributed by atoms with Crippen LogP contribution in [0.2, 0.25) is 0 Å². The van der Waals surface area contributed by atoms with Crippen molar-refractivity contribution in [1.29, 1.82) is 5.26 Å². The van der Waals surface area contributed by atoms with Gasteiger partial charge >= 0.3 is 0 Å². The molecule has 0 aliphatic heterocycles. The third-order valence-electron chi connectivity index (χ3n) is 1.71. The normalized spacial score (nSPS) is 9.57. The molecular weight excluding hydrogens is 249 g/mol. The zero-order valence-corrected chi connectivity index (χ0v) is 9.25. The van der Waals surface area contributed by atoms with Gasteiger partial charge in [-0.25, -0.2) is 9.37 Å². The number of pyridine rings is 1. The zero-order chi connectivity index (χ0) is 10.6. The van der Waals surface area contributed by atoms with E-state index in [4.69, 9.17) is 5.26 Å². The predicted molar refractivity (Wildman–Crippen MR) is 55.4 cm³/mol. The van der Waals surface area contributed by atoms with Crippen molar-refractivity contribution >= 4 is 21.7 Å². The summed E-state index contributed by atoms with van der Waals surface area (Å²) in [4.78, 5) is 5.54. The number of anilines is 1. The lowest BCUT2D eigenvalue weighted by Gasteiger charge is -2.16. The number of rotatable bonds is 3. The lowest BCUT2D eigenvalue weighted by molar-refractivity contribution is 0.614. The Kier molecular flexibility index (Phi) is 3.84. The van der Waals surface area contributed by atoms with Crippen LogP contribution in [0.25, 0.3) is 0 Å². The van der Waals surface area contributed by atoms with Gasteiger partial charge in [0.2, 0.25) is 0 Å². The van der Waals surface area contributed by atoms with Gasteiger partial charge in [0.1, 0.15) is 0 Å². The SMILES string of the molecule is CN(CCC#N)c1ncc(Br)cc1F. The highest BCUT2D eigenvalue weighted by Crippen LogP contribution is 2.18. The molecule has 0 amide bonds. The molecule has 0 aliphatic rings. The van der Waals surface area contributed by atoms with Gasteiger partial charge in [-0.3, -0.25) is 0 Å². The first-order valence-electron chi connectivity index (χ1n) is 4.04. The van der Waals surface area contributed by atoms with Crippen LogP contribution < -0.4 is 4.90 Å². The largest absolute Gasteiger partial charge is 0.356 e. The minimum atomic E-state index is -0.389. The molecule has 1 rings (SSSR count). The summed E-state index contributed by atoms with van der Waals surface area (Å²) < 4.78 is 13.9. The fraction of sp³-hybridized carbons (Fsp3) is 0.333. The first-order valence-corrected chi connectivity index (χ1v) is 4.83. The number of hydrogen-bond donors (Lipinski definition) is 0. The molecule has 0 saturated heterocycles. The number of hydrogen-bond acceptors (Lipinski definition) is 3. The van der Waals surface area contributed by atoms with Crippen LogP contribution in [0.5, 0.6) is 0 Å². The molecule has 0 atom stereocenters. The van der Waals surface area contributed by atoms with Crippen molar-refractivity contribution in [3.05, 3.63) is 22.6 Å². The molecular formula is C9H9BrFN3. The van der Waals surface area contributed by atoms with Crippen LogP contribution in [0.15, 0.2) is 16.7 Å². The Morgan fingerprint density at radius 2 is 2.43 bits per heavy atom. The van der Waals surface area contributed by atoms with Crippen LogP contribution in [0.3, 0.4) is 0 Å². The first-order chi connectivity index (χ1) is 6.65. The summed E-state index contributed by atoms with van der Waals surface area (Å²) in [6.07, 6.45) is 1.88. The molecule has 0 unspecified atom stereocenters. The van der Waals surface area contributed by atoms with E-state index in [1.165, 1.54) is 12.3 Å². The second-order valence-corrected chi connectivity index (χ2v) is 3.70. The summed E-state index contributed by atoms with van der Waals surface area (Å²) in [5.41, 5.74) is 0. The van der Waals surface area contributed by atoms with Gasteiger partial charge in [0.25, 0.3) is 0 Å². The quantitative estimate of drug-likeness (QED) is 0.835. The van der Waals surface area contributed by atoms with E-state index < -0.39 is 0 Å². The van der Waals surface area contributed by atoms with E-state index in [9.17, 15) is 4.39 Å². The van der Waals surface area contributed by atoms with Gasteiger partial charge < -0.3 is 4.90 Å². The second kappa shape index (κ2) is 4.91. The Balaban J connectivity index is 2.80. The highest BCUT2D eigenvalue weighted by Gasteiger charge is 2.08. The van der Waals surface area contributed by atoms with Crippen LogP contribution in [0, 0.1) is 17.1 Å². The number of nitriles is 1. The monoisotopic (exact) mass is 257 g/mol. The second-order valence-electron chi connectivity index (χ2n) is 2.79. The average Bonchev–Trinajstić information content (AvgIpc) is 2.14. The number of nitrogens with zero attached hydrogens (tertiary/aromatic N) is 3. The maximum Gasteiger partial charge on any atom is 0.166 e. The van der Waals surface area contributed by atoms with Gasteiger partial charge in [0.05, 0.1) is 12.5 Å². The molecule has 0 saturated carbocycles. The molecule has 1 heterocycles. The van der Waals surface area contributed by atoms with Gasteiger partial charge in [-0.1, -0.05) is 0 Å². The summed E-state index contributed by atoms with van der Waals surface area (Å²) in [6.45, 7) is 0.474. The lowest BCUT2D eigenvalue weighted by Crippen LogP contribution is -2.20. The maximum absolute atomic E-state index is 13.3. The molecule has 0 spiro atoms. The minimum Gasteiger partial charge on any atom is -0.356 e. The van der Waals surface area contributed by atoms with E-state index in [-0.39, 0.29) is 11.6 Å². The molecule has 14 heavy (non-hydrogen) atoms. The summed E-state index contributed by atoms with van der Waals surface area (Å²) in [6, 6.07) is 3.35. The van der Waals surface area contributed by atoms with Crippen LogP contribution in [0.1, 0.15) is 6.42 Å². The van der Waals surface area contributed by atoms with Crippen LogP contribution >= 0.6 is 15.9 Å². The van der Waals surface area contributed by atoms with Crippen LogP contribution in [-0.2, 0) is 0 Å². The van der Waals surface area contributed by atoms with E-state index in [2.05, 4.69) is 20.9 Å². The molecule has 5 heteroatoms. The Labute approximate surface area is 90.3 Å². The Morgan fingerprint density at radius 1 is 1.71 bits per heavy atom. The standard InChI is InChI=1S/C9H9BrFN3/c1-14(4-2-3-12)9-8(11)5-7(10)6-13-9/h5-6H,2,4H2,1H3. The molecule has 1 aromatic heterocycles. The van der Waals surface area contributed by atoms with Crippen molar-refractivity contribution < 1.29 is 4.39 Å². The van der Waals surface area contributed by atoms with Gasteiger partial charge in [-0.2, -0.15) is 5.26 Å². The third-order valence-corrected chi connectivity index (χ3v) is 2.14. The van der Waals surface area contributed by atoms with Gasteiger partial charge in [0.15, 0.2) is 11.6 Å². The maximum atomic E-state index is 13.3. The zero-order valence-electron chi connectivity index (χ0n) is 7.67. The molecule has 0 fully saturated rings. The van der Waals surface area contributed by atoms with Crippen molar-refractivity contribution in [1.82, 2.24) is 4.98 Å². The molecule has 0 bridgehead atoms. The average molecular weight is 258 g/mol. The van der Waals surface area contributed by atoms with Crippen molar-refractivity contribution in [2.75, 3.05) is 18.5 Å². The molecule has 3 nitrogen and oxygen atoms in total. The van der Waals surface area contributed by atoms with Gasteiger partial charge in [-0.15, -0.1) is 0 Å². The molecule has 0 N–H and O–H groups in total. The topological polar surface area (TPSA) is 39.9 Å². The minimum absolute atomic E-state index is 0.267. The van der Waals surface area contributed by atoms with Crippen molar-refractivity contribution in [2.45, 2.75) is 6.42 Å². The lowest BCUT2D eigenvalue weighted by atomic mass is 10.4. The van der Waals surface area contributed by atoms with E-state index in [1.54, 1.807) is 11.9 Å². The molecule has 0 aromatic carbocycles. The Hall–Kier alpha value is -1.15. The Morgan fingerprint density at radius 3 is 3.00 bits per heavy atom. The highest BCUT2D eigenvalue weighted by molar-refractivity contribution is 9.10. The third kappa shape index (κ3) is 2.67. The van der Waals surface area contributed by atoms with Crippen molar-refractivity contribution in [3.63, 3.8) is 0 Å².